The van der Waals surface area contributed by atoms with E-state index < -0.39 is 0 Å². The number of amides is 1. The Morgan fingerprint density at radius 1 is 1.36 bits per heavy atom. The predicted octanol–water partition coefficient (Wildman–Crippen LogP) is 1.28. The maximum atomic E-state index is 12.6. The number of nitrogens with zero attached hydrogens (tertiary/aromatic N) is 2. The third-order valence-corrected chi connectivity index (χ3v) is 4.39. The Bertz CT molecular complexity index is 744. The zero-order valence-corrected chi connectivity index (χ0v) is 14.5. The summed E-state index contributed by atoms with van der Waals surface area (Å²) < 4.78 is 10.7. The van der Waals surface area contributed by atoms with E-state index in [4.69, 9.17) is 15.2 Å². The fourth-order valence-electron chi connectivity index (χ4n) is 3.06. The first-order valence-corrected chi connectivity index (χ1v) is 8.50. The van der Waals surface area contributed by atoms with Crippen LogP contribution in [0.15, 0.2) is 24.4 Å². The minimum Gasteiger partial charge on any atom is -0.496 e. The number of anilines is 1. The van der Waals surface area contributed by atoms with Crippen molar-refractivity contribution < 1.29 is 14.3 Å². The van der Waals surface area contributed by atoms with Gasteiger partial charge in [-0.15, -0.1) is 0 Å². The summed E-state index contributed by atoms with van der Waals surface area (Å²) >= 11 is 0. The highest BCUT2D eigenvalue weighted by Crippen LogP contribution is 2.31. The first-order valence-electron chi connectivity index (χ1n) is 8.50. The van der Waals surface area contributed by atoms with E-state index in [2.05, 4.69) is 15.2 Å². The molecule has 0 saturated carbocycles. The van der Waals surface area contributed by atoms with Crippen LogP contribution in [0.1, 0.15) is 16.9 Å². The Hall–Kier alpha value is -2.38. The Balaban J connectivity index is 1.65. The summed E-state index contributed by atoms with van der Waals surface area (Å²) in [6, 6.07) is 5.33. The molecule has 2 aromatic rings. The fourth-order valence-corrected chi connectivity index (χ4v) is 3.06. The lowest BCUT2D eigenvalue weighted by Crippen LogP contribution is -2.38. The van der Waals surface area contributed by atoms with Crippen molar-refractivity contribution >= 4 is 22.4 Å². The fraction of sp³-hybridized carbons (Fsp3) is 0.444. The van der Waals surface area contributed by atoms with Gasteiger partial charge in [-0.05, 0) is 31.2 Å². The molecule has 1 amide bonds. The molecule has 0 radical (unpaired) electrons. The van der Waals surface area contributed by atoms with E-state index in [1.165, 1.54) is 0 Å². The van der Waals surface area contributed by atoms with Crippen molar-refractivity contribution in [1.29, 1.82) is 0 Å². The molecule has 1 aliphatic heterocycles. The molecule has 0 spiro atoms. The van der Waals surface area contributed by atoms with Crippen LogP contribution in [0.3, 0.4) is 0 Å². The number of nitrogens with one attached hydrogen (secondary N) is 1. The monoisotopic (exact) mass is 344 g/mol. The largest absolute Gasteiger partial charge is 0.496 e. The Morgan fingerprint density at radius 2 is 2.16 bits per heavy atom. The van der Waals surface area contributed by atoms with Crippen LogP contribution in [0.5, 0.6) is 5.75 Å². The Kier molecular flexibility index (Phi) is 5.67. The molecule has 0 aliphatic carbocycles. The van der Waals surface area contributed by atoms with E-state index in [1.54, 1.807) is 31.5 Å². The molecule has 25 heavy (non-hydrogen) atoms. The van der Waals surface area contributed by atoms with Gasteiger partial charge < -0.3 is 20.5 Å². The summed E-state index contributed by atoms with van der Waals surface area (Å²) in [6.45, 7) is 5.02. The highest BCUT2D eigenvalue weighted by Gasteiger charge is 2.16. The minimum absolute atomic E-state index is 0.215. The maximum Gasteiger partial charge on any atom is 0.270 e. The van der Waals surface area contributed by atoms with Crippen molar-refractivity contribution in [2.75, 3.05) is 52.2 Å². The molecule has 1 aromatic carbocycles. The van der Waals surface area contributed by atoms with Gasteiger partial charge in [0.15, 0.2) is 0 Å². The average molecular weight is 344 g/mol. The third kappa shape index (κ3) is 4.00. The predicted molar refractivity (Wildman–Crippen MR) is 96.9 cm³/mol. The number of pyridine rings is 1. The molecule has 0 bridgehead atoms. The van der Waals surface area contributed by atoms with Gasteiger partial charge in [-0.1, -0.05) is 0 Å². The van der Waals surface area contributed by atoms with E-state index >= 15 is 0 Å². The topological polar surface area (TPSA) is 89.7 Å². The number of morpholine rings is 1. The van der Waals surface area contributed by atoms with Crippen molar-refractivity contribution in [2.24, 2.45) is 0 Å². The first-order chi connectivity index (χ1) is 12.2. The van der Waals surface area contributed by atoms with Gasteiger partial charge in [0.2, 0.25) is 0 Å². The van der Waals surface area contributed by atoms with Crippen molar-refractivity contribution in [1.82, 2.24) is 15.2 Å². The normalized spacial score (nSPS) is 15.2. The van der Waals surface area contributed by atoms with Crippen LogP contribution in [-0.4, -0.2) is 62.3 Å². The summed E-state index contributed by atoms with van der Waals surface area (Å²) in [5.41, 5.74) is 6.93. The maximum absolute atomic E-state index is 12.6. The SMILES string of the molecule is COc1ccc(N)c2c(C(=O)NCCCN3CCOCC3)nccc12. The van der Waals surface area contributed by atoms with Gasteiger partial charge in [-0.2, -0.15) is 0 Å². The van der Waals surface area contributed by atoms with Crippen LogP contribution < -0.4 is 15.8 Å². The highest BCUT2D eigenvalue weighted by molar-refractivity contribution is 6.11. The van der Waals surface area contributed by atoms with Crippen molar-refractivity contribution in [2.45, 2.75) is 6.42 Å². The lowest BCUT2D eigenvalue weighted by Gasteiger charge is -2.26. The molecule has 1 saturated heterocycles. The first kappa shape index (κ1) is 17.4. The van der Waals surface area contributed by atoms with Gasteiger partial charge >= 0.3 is 0 Å². The zero-order chi connectivity index (χ0) is 17.6. The number of rotatable bonds is 6. The molecule has 7 heteroatoms. The van der Waals surface area contributed by atoms with E-state index in [1.807, 2.05) is 0 Å². The quantitative estimate of drug-likeness (QED) is 0.606. The second kappa shape index (κ2) is 8.13. The average Bonchev–Trinajstić information content (AvgIpc) is 2.66. The standard InChI is InChI=1S/C18H24N4O3/c1-24-15-4-3-14(19)16-13(15)5-7-20-17(16)18(23)21-6-2-8-22-9-11-25-12-10-22/h3-5,7H,2,6,8-12,19H2,1H3,(H,21,23). The van der Waals surface area contributed by atoms with Gasteiger partial charge in [0.05, 0.1) is 20.3 Å². The number of methoxy groups -OCH3 is 1. The number of carbonyl (C=O) groups excluding carboxylic acids is 1. The van der Waals surface area contributed by atoms with Crippen LogP contribution in [0.2, 0.25) is 0 Å². The number of fused-ring (bicyclic) bond motifs is 1. The van der Waals surface area contributed by atoms with Crippen molar-refractivity contribution in [3.05, 3.63) is 30.1 Å². The lowest BCUT2D eigenvalue weighted by atomic mass is 10.1. The summed E-state index contributed by atoms with van der Waals surface area (Å²) in [6.07, 6.45) is 2.49. The number of hydrogen-bond acceptors (Lipinski definition) is 6. The lowest BCUT2D eigenvalue weighted by molar-refractivity contribution is 0.0374. The second-order valence-corrected chi connectivity index (χ2v) is 6.00. The van der Waals surface area contributed by atoms with Gasteiger partial charge in [-0.3, -0.25) is 14.7 Å². The summed E-state index contributed by atoms with van der Waals surface area (Å²) in [5, 5.41) is 4.36. The molecule has 3 rings (SSSR count). The van der Waals surface area contributed by atoms with Gasteiger partial charge in [0.25, 0.3) is 5.91 Å². The Morgan fingerprint density at radius 3 is 2.92 bits per heavy atom. The molecule has 7 nitrogen and oxygen atoms in total. The van der Waals surface area contributed by atoms with Crippen molar-refractivity contribution in [3.8, 4) is 5.75 Å². The highest BCUT2D eigenvalue weighted by atomic mass is 16.5. The molecule has 1 fully saturated rings. The van der Waals surface area contributed by atoms with Crippen LogP contribution in [0, 0.1) is 0 Å². The molecule has 2 heterocycles. The molecule has 1 aliphatic rings. The van der Waals surface area contributed by atoms with Crippen LogP contribution >= 0.6 is 0 Å². The van der Waals surface area contributed by atoms with E-state index in [9.17, 15) is 4.79 Å². The number of hydrogen-bond donors (Lipinski definition) is 2. The Labute approximate surface area is 147 Å². The van der Waals surface area contributed by atoms with E-state index in [-0.39, 0.29) is 5.91 Å². The molecular formula is C18H24N4O3. The van der Waals surface area contributed by atoms with E-state index in [0.29, 0.717) is 29.1 Å². The number of aromatic nitrogens is 1. The second-order valence-electron chi connectivity index (χ2n) is 6.00. The molecule has 3 N–H and O–H groups in total. The molecule has 0 atom stereocenters. The number of ether oxygens (including phenoxy) is 2. The molecule has 0 unspecified atom stereocenters. The number of carbonyl (C=O) groups is 1. The van der Waals surface area contributed by atoms with Crippen LogP contribution in [-0.2, 0) is 4.74 Å². The smallest absolute Gasteiger partial charge is 0.270 e. The van der Waals surface area contributed by atoms with Gasteiger partial charge in [-0.25, -0.2) is 0 Å². The number of benzene rings is 1. The number of nitrogen functional groups attached to an aromatic ring is 1. The minimum atomic E-state index is -0.215. The summed E-state index contributed by atoms with van der Waals surface area (Å²) in [7, 11) is 1.59. The molecular weight excluding hydrogens is 320 g/mol. The third-order valence-electron chi connectivity index (χ3n) is 4.39. The zero-order valence-electron chi connectivity index (χ0n) is 14.5. The van der Waals surface area contributed by atoms with E-state index in [0.717, 1.165) is 44.7 Å². The molecule has 1 aromatic heterocycles. The number of nitrogens with two attached hydrogens (primary N) is 1. The van der Waals surface area contributed by atoms with Crippen LogP contribution in [0.4, 0.5) is 5.69 Å². The van der Waals surface area contributed by atoms with Gasteiger partial charge in [0, 0.05) is 42.3 Å². The van der Waals surface area contributed by atoms with Crippen molar-refractivity contribution in [3.63, 3.8) is 0 Å². The summed E-state index contributed by atoms with van der Waals surface area (Å²) in [4.78, 5) is 19.1. The van der Waals surface area contributed by atoms with Crippen LogP contribution in [0.25, 0.3) is 10.8 Å². The summed E-state index contributed by atoms with van der Waals surface area (Å²) in [5.74, 6) is 0.459. The van der Waals surface area contributed by atoms with Gasteiger partial charge in [0.1, 0.15) is 11.4 Å². The molecule has 134 valence electrons.